The Morgan fingerprint density at radius 2 is 1.95 bits per heavy atom. The molecule has 1 heterocycles. The van der Waals surface area contributed by atoms with Crippen LogP contribution in [-0.2, 0) is 0 Å². The first-order chi connectivity index (χ1) is 10.1. The van der Waals surface area contributed by atoms with E-state index in [1.807, 2.05) is 0 Å². The van der Waals surface area contributed by atoms with Crippen molar-refractivity contribution in [1.82, 2.24) is 0 Å². The normalized spacial score (nSPS) is 27.4. The number of fused-ring (bicyclic) bond motifs is 1. The summed E-state index contributed by atoms with van der Waals surface area (Å²) in [7, 11) is 0. The van der Waals surface area contributed by atoms with E-state index in [9.17, 15) is 10.1 Å². The third-order valence-corrected chi connectivity index (χ3v) is 4.74. The molecule has 0 bridgehead atoms. The van der Waals surface area contributed by atoms with Crippen LogP contribution in [0.3, 0.4) is 0 Å². The van der Waals surface area contributed by atoms with Crippen molar-refractivity contribution in [2.75, 3.05) is 12.1 Å². The SMILES string of the molecule is CC1CCCC(Nc2cc3c(cc2[N+](=O)[O-])OCO3)C1C. The molecule has 1 aromatic carbocycles. The van der Waals surface area contributed by atoms with E-state index in [2.05, 4.69) is 19.2 Å². The Morgan fingerprint density at radius 1 is 1.24 bits per heavy atom. The molecule has 1 saturated carbocycles. The highest BCUT2D eigenvalue weighted by Gasteiger charge is 2.30. The summed E-state index contributed by atoms with van der Waals surface area (Å²) in [6.07, 6.45) is 3.42. The highest BCUT2D eigenvalue weighted by molar-refractivity contribution is 5.69. The van der Waals surface area contributed by atoms with E-state index in [1.54, 1.807) is 6.07 Å². The molecule has 0 aromatic heterocycles. The minimum atomic E-state index is -0.374. The summed E-state index contributed by atoms with van der Waals surface area (Å²) in [5.74, 6) is 2.13. The van der Waals surface area contributed by atoms with Crippen molar-refractivity contribution in [1.29, 1.82) is 0 Å². The van der Waals surface area contributed by atoms with Gasteiger partial charge in [-0.05, 0) is 18.3 Å². The average molecular weight is 292 g/mol. The Hall–Kier alpha value is -1.98. The number of rotatable bonds is 3. The molecule has 0 radical (unpaired) electrons. The number of nitrogens with zero attached hydrogens (tertiary/aromatic N) is 1. The number of nitrogens with one attached hydrogen (secondary N) is 1. The van der Waals surface area contributed by atoms with Gasteiger partial charge in [0.1, 0.15) is 5.69 Å². The molecular weight excluding hydrogens is 272 g/mol. The summed E-state index contributed by atoms with van der Waals surface area (Å²) in [6.45, 7) is 4.57. The van der Waals surface area contributed by atoms with Crippen LogP contribution < -0.4 is 14.8 Å². The van der Waals surface area contributed by atoms with Gasteiger partial charge >= 0.3 is 0 Å². The fraction of sp³-hybridized carbons (Fsp3) is 0.600. The lowest BCUT2D eigenvalue weighted by atomic mass is 9.78. The summed E-state index contributed by atoms with van der Waals surface area (Å²) in [4.78, 5) is 10.9. The second-order valence-corrected chi connectivity index (χ2v) is 6.00. The zero-order valence-corrected chi connectivity index (χ0v) is 12.3. The van der Waals surface area contributed by atoms with Crippen LogP contribution in [0.5, 0.6) is 11.5 Å². The van der Waals surface area contributed by atoms with Crippen molar-refractivity contribution >= 4 is 11.4 Å². The van der Waals surface area contributed by atoms with Gasteiger partial charge < -0.3 is 14.8 Å². The number of nitro groups is 1. The molecule has 1 aromatic rings. The smallest absolute Gasteiger partial charge is 0.296 e. The van der Waals surface area contributed by atoms with Crippen molar-refractivity contribution in [2.45, 2.75) is 39.2 Å². The van der Waals surface area contributed by atoms with Crippen molar-refractivity contribution in [3.05, 3.63) is 22.2 Å². The Kier molecular flexibility index (Phi) is 3.61. The van der Waals surface area contributed by atoms with Gasteiger partial charge in [-0.25, -0.2) is 0 Å². The lowest BCUT2D eigenvalue weighted by Gasteiger charge is -2.35. The van der Waals surface area contributed by atoms with Gasteiger partial charge in [0.2, 0.25) is 6.79 Å². The van der Waals surface area contributed by atoms with Gasteiger partial charge in [-0.3, -0.25) is 10.1 Å². The van der Waals surface area contributed by atoms with E-state index in [4.69, 9.17) is 9.47 Å². The maximum absolute atomic E-state index is 11.3. The number of nitro benzene ring substituents is 1. The Bertz CT molecular complexity index is 561. The molecule has 1 N–H and O–H groups in total. The van der Waals surface area contributed by atoms with Gasteiger partial charge in [-0.15, -0.1) is 0 Å². The van der Waals surface area contributed by atoms with E-state index in [1.165, 1.54) is 12.5 Å². The lowest BCUT2D eigenvalue weighted by Crippen LogP contribution is -2.35. The molecule has 3 atom stereocenters. The van der Waals surface area contributed by atoms with Crippen LogP contribution in [0, 0.1) is 22.0 Å². The predicted molar refractivity (Wildman–Crippen MR) is 78.8 cm³/mol. The van der Waals surface area contributed by atoms with Crippen molar-refractivity contribution in [3.8, 4) is 11.5 Å². The van der Waals surface area contributed by atoms with Gasteiger partial charge in [0.05, 0.1) is 11.0 Å². The van der Waals surface area contributed by atoms with Gasteiger partial charge in [-0.1, -0.05) is 26.7 Å². The summed E-state index contributed by atoms with van der Waals surface area (Å²) >= 11 is 0. The maximum Gasteiger partial charge on any atom is 0.296 e. The first-order valence-corrected chi connectivity index (χ1v) is 7.41. The molecule has 6 nitrogen and oxygen atoms in total. The highest BCUT2D eigenvalue weighted by Crippen LogP contribution is 2.42. The topological polar surface area (TPSA) is 73.6 Å². The summed E-state index contributed by atoms with van der Waals surface area (Å²) in [5.41, 5.74) is 0.569. The largest absolute Gasteiger partial charge is 0.454 e. The minimum absolute atomic E-state index is 0.0460. The molecular formula is C15H20N2O4. The molecule has 3 unspecified atom stereocenters. The second kappa shape index (κ2) is 5.42. The molecule has 3 rings (SSSR count). The highest BCUT2D eigenvalue weighted by atomic mass is 16.7. The molecule has 1 fully saturated rings. The average Bonchev–Trinajstić information content (AvgIpc) is 2.90. The number of benzene rings is 1. The van der Waals surface area contributed by atoms with E-state index < -0.39 is 0 Å². The molecule has 0 saturated heterocycles. The minimum Gasteiger partial charge on any atom is -0.454 e. The number of hydrogen-bond donors (Lipinski definition) is 1. The zero-order chi connectivity index (χ0) is 15.0. The number of hydrogen-bond acceptors (Lipinski definition) is 5. The first-order valence-electron chi connectivity index (χ1n) is 7.41. The third kappa shape index (κ3) is 2.62. The van der Waals surface area contributed by atoms with Gasteiger partial charge in [-0.2, -0.15) is 0 Å². The monoisotopic (exact) mass is 292 g/mol. The van der Waals surface area contributed by atoms with E-state index in [0.717, 1.165) is 12.8 Å². The van der Waals surface area contributed by atoms with Crippen LogP contribution >= 0.6 is 0 Å². The summed E-state index contributed by atoms with van der Waals surface area (Å²) in [6, 6.07) is 3.39. The molecule has 0 spiro atoms. The van der Waals surface area contributed by atoms with E-state index in [0.29, 0.717) is 29.0 Å². The van der Waals surface area contributed by atoms with Gasteiger partial charge in [0.25, 0.3) is 5.69 Å². The van der Waals surface area contributed by atoms with E-state index >= 15 is 0 Å². The summed E-state index contributed by atoms with van der Waals surface area (Å²) in [5, 5.41) is 14.6. The van der Waals surface area contributed by atoms with Crippen molar-refractivity contribution in [2.24, 2.45) is 11.8 Å². The standard InChI is InChI=1S/C15H20N2O4/c1-9-4-3-5-11(10(9)2)16-12-6-14-15(21-8-20-14)7-13(12)17(18)19/h6-7,9-11,16H,3-5,8H2,1-2H3. The Morgan fingerprint density at radius 3 is 2.67 bits per heavy atom. The van der Waals surface area contributed by atoms with Crippen LogP contribution in [0.25, 0.3) is 0 Å². The van der Waals surface area contributed by atoms with Gasteiger partial charge in [0, 0.05) is 12.1 Å². The quantitative estimate of drug-likeness (QED) is 0.681. The van der Waals surface area contributed by atoms with Gasteiger partial charge in [0.15, 0.2) is 11.5 Å². The second-order valence-electron chi connectivity index (χ2n) is 6.00. The number of anilines is 1. The third-order valence-electron chi connectivity index (χ3n) is 4.74. The lowest BCUT2D eigenvalue weighted by molar-refractivity contribution is -0.384. The molecule has 0 amide bonds. The van der Waals surface area contributed by atoms with Crippen molar-refractivity contribution < 1.29 is 14.4 Å². The molecule has 1 aliphatic carbocycles. The van der Waals surface area contributed by atoms with Crippen LogP contribution in [0.1, 0.15) is 33.1 Å². The molecule has 1 aliphatic heterocycles. The Labute approximate surface area is 123 Å². The first kappa shape index (κ1) is 14.0. The van der Waals surface area contributed by atoms with Crippen molar-refractivity contribution in [3.63, 3.8) is 0 Å². The van der Waals surface area contributed by atoms with Crippen LogP contribution in [0.15, 0.2) is 12.1 Å². The van der Waals surface area contributed by atoms with Crippen LogP contribution in [0.4, 0.5) is 11.4 Å². The summed E-state index contributed by atoms with van der Waals surface area (Å²) < 4.78 is 10.5. The molecule has 114 valence electrons. The maximum atomic E-state index is 11.3. The number of ether oxygens (including phenoxy) is 2. The zero-order valence-electron chi connectivity index (χ0n) is 12.3. The Balaban J connectivity index is 1.89. The fourth-order valence-corrected chi connectivity index (χ4v) is 3.18. The molecule has 6 heteroatoms. The van der Waals surface area contributed by atoms with E-state index in [-0.39, 0.29) is 23.4 Å². The molecule has 2 aliphatic rings. The van der Waals surface area contributed by atoms with Crippen LogP contribution in [0.2, 0.25) is 0 Å². The fourth-order valence-electron chi connectivity index (χ4n) is 3.18. The molecule has 21 heavy (non-hydrogen) atoms. The van der Waals surface area contributed by atoms with Crippen LogP contribution in [-0.4, -0.2) is 17.8 Å². The predicted octanol–water partition coefficient (Wildman–Crippen LogP) is 3.56.